The molecular formula is C25H28N2O3. The van der Waals surface area contributed by atoms with Gasteiger partial charge in [0.1, 0.15) is 5.71 Å². The van der Waals surface area contributed by atoms with E-state index in [2.05, 4.69) is 39.8 Å². The molecule has 0 unspecified atom stereocenters. The molecule has 0 radical (unpaired) electrons. The van der Waals surface area contributed by atoms with Gasteiger partial charge in [0.15, 0.2) is 0 Å². The Labute approximate surface area is 177 Å². The minimum absolute atomic E-state index is 0.0501. The number of ether oxygens (including phenoxy) is 1. The molecule has 0 spiro atoms. The number of amides is 1. The Morgan fingerprint density at radius 2 is 1.90 bits per heavy atom. The van der Waals surface area contributed by atoms with Crippen molar-refractivity contribution in [3.63, 3.8) is 0 Å². The van der Waals surface area contributed by atoms with E-state index < -0.39 is 0 Å². The van der Waals surface area contributed by atoms with Gasteiger partial charge in [-0.25, -0.2) is 9.79 Å². The van der Waals surface area contributed by atoms with Crippen LogP contribution in [-0.4, -0.2) is 29.7 Å². The van der Waals surface area contributed by atoms with Crippen LogP contribution in [0.3, 0.4) is 0 Å². The fourth-order valence-electron chi connectivity index (χ4n) is 4.70. The molecule has 5 heteroatoms. The van der Waals surface area contributed by atoms with Crippen LogP contribution < -0.4 is 4.90 Å². The molecule has 0 saturated heterocycles. The van der Waals surface area contributed by atoms with E-state index >= 15 is 0 Å². The van der Waals surface area contributed by atoms with Crippen LogP contribution in [0.4, 0.5) is 11.4 Å². The first-order chi connectivity index (χ1) is 14.3. The third-order valence-electron chi connectivity index (χ3n) is 6.05. The molecule has 2 aliphatic heterocycles. The number of aryl methyl sites for hydroxylation is 1. The normalized spacial score (nSPS) is 20.4. The molecule has 2 heterocycles. The van der Waals surface area contributed by atoms with Gasteiger partial charge in [0.2, 0.25) is 0 Å². The maximum absolute atomic E-state index is 13.5. The minimum Gasteiger partial charge on any atom is -0.462 e. The van der Waals surface area contributed by atoms with Crippen molar-refractivity contribution in [1.82, 2.24) is 0 Å². The Kier molecular flexibility index (Phi) is 5.00. The standard InChI is InChI=1S/C25H28N2O3/c1-6-16-12-19-15(3)14-25(4,5)27-22(19)20(13-16)21(23(27)28)26-18-10-8-17(9-11-18)24(29)30-7-2/h8-13,15H,6-7,14H2,1-5H3/t15-/m0/s1. The molecule has 156 valence electrons. The summed E-state index contributed by atoms with van der Waals surface area (Å²) >= 11 is 0. The number of hydrogen-bond donors (Lipinski definition) is 0. The Balaban J connectivity index is 1.82. The van der Waals surface area contributed by atoms with Crippen molar-refractivity contribution in [2.45, 2.75) is 58.9 Å². The number of anilines is 1. The van der Waals surface area contributed by atoms with Gasteiger partial charge in [-0.3, -0.25) is 4.79 Å². The fourth-order valence-corrected chi connectivity index (χ4v) is 4.70. The smallest absolute Gasteiger partial charge is 0.338 e. The van der Waals surface area contributed by atoms with Crippen LogP contribution in [0.2, 0.25) is 0 Å². The molecule has 0 saturated carbocycles. The van der Waals surface area contributed by atoms with E-state index in [1.54, 1.807) is 31.2 Å². The number of carbonyl (C=O) groups is 2. The molecule has 0 N–H and O–H groups in total. The van der Waals surface area contributed by atoms with Gasteiger partial charge in [0, 0.05) is 11.1 Å². The number of esters is 1. The summed E-state index contributed by atoms with van der Waals surface area (Å²) in [4.78, 5) is 32.1. The van der Waals surface area contributed by atoms with Gasteiger partial charge in [-0.05, 0) is 81.0 Å². The lowest BCUT2D eigenvalue weighted by atomic mass is 9.79. The summed E-state index contributed by atoms with van der Waals surface area (Å²) in [5, 5.41) is 0. The number of benzene rings is 2. The lowest BCUT2D eigenvalue weighted by Gasteiger charge is -2.43. The second kappa shape index (κ2) is 7.38. The predicted octanol–water partition coefficient (Wildman–Crippen LogP) is 5.18. The lowest BCUT2D eigenvalue weighted by Crippen LogP contribution is -2.50. The van der Waals surface area contributed by atoms with Crippen LogP contribution in [-0.2, 0) is 16.0 Å². The lowest BCUT2D eigenvalue weighted by molar-refractivity contribution is -0.113. The summed E-state index contributed by atoms with van der Waals surface area (Å²) in [5.74, 6) is -0.0255. The molecular weight excluding hydrogens is 376 g/mol. The Bertz CT molecular complexity index is 1050. The average molecular weight is 405 g/mol. The zero-order valence-corrected chi connectivity index (χ0v) is 18.3. The van der Waals surface area contributed by atoms with Crippen molar-refractivity contribution in [3.05, 3.63) is 58.7 Å². The molecule has 0 fully saturated rings. The van der Waals surface area contributed by atoms with Gasteiger partial charge in [-0.1, -0.05) is 19.9 Å². The van der Waals surface area contributed by atoms with Crippen molar-refractivity contribution in [2.24, 2.45) is 4.99 Å². The van der Waals surface area contributed by atoms with Crippen LogP contribution in [0.25, 0.3) is 0 Å². The summed E-state index contributed by atoms with van der Waals surface area (Å²) in [6.07, 6.45) is 1.83. The van der Waals surface area contributed by atoms with E-state index in [9.17, 15) is 9.59 Å². The Morgan fingerprint density at radius 3 is 2.53 bits per heavy atom. The Hall–Kier alpha value is -2.95. The number of nitrogens with zero attached hydrogens (tertiary/aromatic N) is 2. The number of carbonyl (C=O) groups excluding carboxylic acids is 2. The molecule has 2 aromatic carbocycles. The number of rotatable bonds is 4. The van der Waals surface area contributed by atoms with Crippen molar-refractivity contribution >= 4 is 29.0 Å². The zero-order chi connectivity index (χ0) is 21.6. The van der Waals surface area contributed by atoms with Crippen LogP contribution in [0.5, 0.6) is 0 Å². The topological polar surface area (TPSA) is 59.0 Å². The van der Waals surface area contributed by atoms with E-state index in [1.807, 2.05) is 4.90 Å². The largest absolute Gasteiger partial charge is 0.462 e. The third kappa shape index (κ3) is 3.22. The van der Waals surface area contributed by atoms with Crippen molar-refractivity contribution in [1.29, 1.82) is 0 Å². The second-order valence-electron chi connectivity index (χ2n) is 8.72. The molecule has 5 nitrogen and oxygen atoms in total. The van der Waals surface area contributed by atoms with Crippen molar-refractivity contribution in [3.8, 4) is 0 Å². The SMILES string of the molecule is CCOC(=O)c1ccc(N=C2C(=O)N3c4c2cc(CC)cc4[C@@H](C)CC3(C)C)cc1. The van der Waals surface area contributed by atoms with Gasteiger partial charge in [-0.15, -0.1) is 0 Å². The van der Waals surface area contributed by atoms with Gasteiger partial charge in [0.05, 0.1) is 23.5 Å². The fraction of sp³-hybridized carbons (Fsp3) is 0.400. The molecule has 0 bridgehead atoms. The van der Waals surface area contributed by atoms with Crippen molar-refractivity contribution < 1.29 is 14.3 Å². The molecule has 4 rings (SSSR count). The third-order valence-corrected chi connectivity index (χ3v) is 6.05. The molecule has 0 aliphatic carbocycles. The van der Waals surface area contributed by atoms with Gasteiger partial charge >= 0.3 is 5.97 Å². The quantitative estimate of drug-likeness (QED) is 0.660. The highest BCUT2D eigenvalue weighted by atomic mass is 16.5. The van der Waals surface area contributed by atoms with E-state index in [0.717, 1.165) is 24.1 Å². The maximum atomic E-state index is 13.5. The average Bonchev–Trinajstić information content (AvgIpc) is 2.99. The monoisotopic (exact) mass is 404 g/mol. The highest BCUT2D eigenvalue weighted by Crippen LogP contribution is 2.49. The molecule has 2 aliphatic rings. The molecule has 30 heavy (non-hydrogen) atoms. The van der Waals surface area contributed by atoms with Gasteiger partial charge in [-0.2, -0.15) is 0 Å². The summed E-state index contributed by atoms with van der Waals surface area (Å²) in [6, 6.07) is 11.2. The highest BCUT2D eigenvalue weighted by molar-refractivity contribution is 6.55. The first-order valence-corrected chi connectivity index (χ1v) is 10.6. The van der Waals surface area contributed by atoms with Gasteiger partial charge in [0.25, 0.3) is 5.91 Å². The van der Waals surface area contributed by atoms with Crippen LogP contribution in [0, 0.1) is 0 Å². The van der Waals surface area contributed by atoms with Crippen LogP contribution in [0.1, 0.15) is 74.0 Å². The van der Waals surface area contributed by atoms with Crippen molar-refractivity contribution in [2.75, 3.05) is 11.5 Å². The van der Waals surface area contributed by atoms with E-state index in [4.69, 9.17) is 9.73 Å². The molecule has 1 amide bonds. The van der Waals surface area contributed by atoms with E-state index in [0.29, 0.717) is 29.5 Å². The summed E-state index contributed by atoms with van der Waals surface area (Å²) in [7, 11) is 0. The first-order valence-electron chi connectivity index (χ1n) is 10.6. The number of aliphatic imine (C=N–C) groups is 1. The summed E-state index contributed by atoms with van der Waals surface area (Å²) < 4.78 is 5.04. The van der Waals surface area contributed by atoms with Crippen LogP contribution >= 0.6 is 0 Å². The zero-order valence-electron chi connectivity index (χ0n) is 18.3. The maximum Gasteiger partial charge on any atom is 0.338 e. The summed E-state index contributed by atoms with van der Waals surface area (Å²) in [6.45, 7) is 10.7. The van der Waals surface area contributed by atoms with Gasteiger partial charge < -0.3 is 9.64 Å². The van der Waals surface area contributed by atoms with E-state index in [-0.39, 0.29) is 17.4 Å². The Morgan fingerprint density at radius 1 is 1.20 bits per heavy atom. The minimum atomic E-state index is -0.357. The summed E-state index contributed by atoms with van der Waals surface area (Å²) in [5.41, 5.74) is 5.72. The predicted molar refractivity (Wildman–Crippen MR) is 119 cm³/mol. The molecule has 0 aromatic heterocycles. The molecule has 1 atom stereocenters. The first kappa shape index (κ1) is 20.3. The molecule has 2 aromatic rings. The second-order valence-corrected chi connectivity index (χ2v) is 8.72. The highest BCUT2D eigenvalue weighted by Gasteiger charge is 2.48. The van der Waals surface area contributed by atoms with Crippen LogP contribution in [0.15, 0.2) is 41.4 Å². The number of hydrogen-bond acceptors (Lipinski definition) is 4. The van der Waals surface area contributed by atoms with E-state index in [1.165, 1.54) is 11.1 Å².